The van der Waals surface area contributed by atoms with E-state index < -0.39 is 0 Å². The van der Waals surface area contributed by atoms with E-state index in [1.165, 1.54) is 6.07 Å². The minimum Gasteiger partial charge on any atom is -0.367 e. The number of hydrogen-bond donors (Lipinski definition) is 1. The molecule has 1 unspecified atom stereocenters. The van der Waals surface area contributed by atoms with Gasteiger partial charge in [-0.2, -0.15) is 0 Å². The molecule has 2 rings (SSSR count). The van der Waals surface area contributed by atoms with Crippen LogP contribution in [0.1, 0.15) is 25.3 Å². The summed E-state index contributed by atoms with van der Waals surface area (Å²) in [6.07, 6.45) is 2.22. The van der Waals surface area contributed by atoms with Crippen LogP contribution in [0, 0.1) is 5.82 Å². The molecule has 0 amide bonds. The van der Waals surface area contributed by atoms with Crippen molar-refractivity contribution in [2.75, 3.05) is 31.6 Å². The molecule has 1 aliphatic rings. The first-order valence-electron chi connectivity index (χ1n) is 7.09. The maximum Gasteiger partial charge on any atom is 0.123 e. The number of nitrogens with two attached hydrogens (primary N) is 1. The Balaban J connectivity index is 2.32. The van der Waals surface area contributed by atoms with Crippen molar-refractivity contribution in [3.8, 4) is 0 Å². The van der Waals surface area contributed by atoms with Crippen molar-refractivity contribution in [2.24, 2.45) is 5.73 Å². The summed E-state index contributed by atoms with van der Waals surface area (Å²) in [6, 6.07) is 5.46. The number of benzene rings is 1. The van der Waals surface area contributed by atoms with Gasteiger partial charge >= 0.3 is 0 Å². The van der Waals surface area contributed by atoms with E-state index in [0.29, 0.717) is 12.6 Å². The number of nitrogens with zero attached hydrogens (tertiary/aromatic N) is 2. The first-order chi connectivity index (χ1) is 9.15. The van der Waals surface area contributed by atoms with E-state index in [-0.39, 0.29) is 5.82 Å². The van der Waals surface area contributed by atoms with Crippen LogP contribution in [-0.4, -0.2) is 37.6 Å². The molecule has 2 N–H and O–H groups in total. The largest absolute Gasteiger partial charge is 0.367 e. The van der Waals surface area contributed by atoms with E-state index in [1.807, 2.05) is 6.07 Å². The molecule has 0 saturated carbocycles. The fraction of sp³-hybridized carbons (Fsp3) is 0.600. The second-order valence-corrected chi connectivity index (χ2v) is 5.35. The molecule has 19 heavy (non-hydrogen) atoms. The van der Waals surface area contributed by atoms with Crippen molar-refractivity contribution in [2.45, 2.75) is 32.4 Å². The van der Waals surface area contributed by atoms with Crippen LogP contribution >= 0.6 is 0 Å². The lowest BCUT2D eigenvalue weighted by atomic mass is 10.1. The van der Waals surface area contributed by atoms with Crippen LogP contribution < -0.4 is 10.6 Å². The third-order valence-electron chi connectivity index (χ3n) is 3.94. The van der Waals surface area contributed by atoms with E-state index in [1.54, 1.807) is 6.07 Å². The Morgan fingerprint density at radius 2 is 2.16 bits per heavy atom. The van der Waals surface area contributed by atoms with Crippen molar-refractivity contribution in [1.29, 1.82) is 0 Å². The summed E-state index contributed by atoms with van der Waals surface area (Å²) in [5, 5.41) is 0. The number of halogens is 1. The molecule has 1 aliphatic heterocycles. The molecule has 0 spiro atoms. The molecule has 1 aromatic carbocycles. The Labute approximate surface area is 115 Å². The zero-order valence-corrected chi connectivity index (χ0v) is 11.9. The van der Waals surface area contributed by atoms with Gasteiger partial charge in [0.25, 0.3) is 0 Å². The second-order valence-electron chi connectivity index (χ2n) is 5.35. The van der Waals surface area contributed by atoms with E-state index in [9.17, 15) is 4.39 Å². The van der Waals surface area contributed by atoms with Crippen molar-refractivity contribution >= 4 is 5.69 Å². The molecule has 1 heterocycles. The van der Waals surface area contributed by atoms with Crippen LogP contribution in [0.5, 0.6) is 0 Å². The summed E-state index contributed by atoms with van der Waals surface area (Å²) in [6.45, 7) is 5.78. The quantitative estimate of drug-likeness (QED) is 0.909. The Bertz CT molecular complexity index is 422. The highest BCUT2D eigenvalue weighted by Gasteiger charge is 2.23. The highest BCUT2D eigenvalue weighted by atomic mass is 19.1. The maximum atomic E-state index is 13.3. The van der Waals surface area contributed by atoms with Gasteiger partial charge < -0.3 is 15.5 Å². The molecule has 0 aliphatic carbocycles. The van der Waals surface area contributed by atoms with E-state index >= 15 is 0 Å². The summed E-state index contributed by atoms with van der Waals surface area (Å²) >= 11 is 0. The molecule has 106 valence electrons. The summed E-state index contributed by atoms with van der Waals surface area (Å²) < 4.78 is 13.3. The van der Waals surface area contributed by atoms with Crippen LogP contribution in [-0.2, 0) is 6.54 Å². The minimum atomic E-state index is -0.204. The Kier molecular flexibility index (Phi) is 4.77. The van der Waals surface area contributed by atoms with Gasteiger partial charge in [0, 0.05) is 31.4 Å². The molecule has 1 fully saturated rings. The van der Waals surface area contributed by atoms with Gasteiger partial charge in [-0.25, -0.2) is 4.39 Å². The van der Waals surface area contributed by atoms with E-state index in [2.05, 4.69) is 23.8 Å². The molecule has 0 radical (unpaired) electrons. The van der Waals surface area contributed by atoms with Gasteiger partial charge in [-0.15, -0.1) is 0 Å². The molecular formula is C15H24FN3. The van der Waals surface area contributed by atoms with Gasteiger partial charge in [0.2, 0.25) is 0 Å². The first-order valence-corrected chi connectivity index (χ1v) is 7.09. The van der Waals surface area contributed by atoms with Gasteiger partial charge in [-0.1, -0.05) is 6.92 Å². The molecule has 4 heteroatoms. The van der Waals surface area contributed by atoms with Gasteiger partial charge in [0.05, 0.1) is 0 Å². The number of hydrogen-bond acceptors (Lipinski definition) is 3. The number of rotatable bonds is 3. The fourth-order valence-electron chi connectivity index (χ4n) is 2.91. The van der Waals surface area contributed by atoms with E-state index in [0.717, 1.165) is 43.7 Å². The van der Waals surface area contributed by atoms with Crippen LogP contribution in [0.4, 0.5) is 10.1 Å². The molecule has 1 saturated heterocycles. The van der Waals surface area contributed by atoms with E-state index in [4.69, 9.17) is 5.73 Å². The van der Waals surface area contributed by atoms with Gasteiger partial charge in [-0.05, 0) is 50.2 Å². The van der Waals surface area contributed by atoms with Gasteiger partial charge in [-0.3, -0.25) is 0 Å². The lowest BCUT2D eigenvalue weighted by Crippen LogP contribution is -2.40. The molecule has 3 nitrogen and oxygen atoms in total. The second kappa shape index (κ2) is 6.35. The molecular weight excluding hydrogens is 241 g/mol. The lowest BCUT2D eigenvalue weighted by molar-refractivity contribution is 0.328. The molecule has 0 bridgehead atoms. The average molecular weight is 265 g/mol. The molecule has 1 atom stereocenters. The summed E-state index contributed by atoms with van der Waals surface area (Å²) in [7, 11) is 2.17. The Morgan fingerprint density at radius 1 is 1.37 bits per heavy atom. The minimum absolute atomic E-state index is 0.204. The number of likely N-dealkylation sites (N-methyl/N-ethyl adjacent to an activating group) is 1. The predicted octanol–water partition coefficient (Wildman–Crippen LogP) is 2.20. The first kappa shape index (κ1) is 14.3. The van der Waals surface area contributed by atoms with Crippen LogP contribution in [0.2, 0.25) is 0 Å². The zero-order valence-electron chi connectivity index (χ0n) is 11.9. The van der Waals surface area contributed by atoms with Crippen LogP contribution in [0.3, 0.4) is 0 Å². The van der Waals surface area contributed by atoms with Gasteiger partial charge in [0.1, 0.15) is 5.82 Å². The topological polar surface area (TPSA) is 32.5 Å². The average Bonchev–Trinajstić information content (AvgIpc) is 2.60. The highest BCUT2D eigenvalue weighted by molar-refractivity contribution is 5.55. The predicted molar refractivity (Wildman–Crippen MR) is 77.8 cm³/mol. The van der Waals surface area contributed by atoms with Crippen molar-refractivity contribution in [3.05, 3.63) is 29.6 Å². The van der Waals surface area contributed by atoms with Crippen molar-refractivity contribution in [1.82, 2.24) is 4.90 Å². The summed E-state index contributed by atoms with van der Waals surface area (Å²) in [5.41, 5.74) is 7.78. The standard InChI is InChI=1S/C15H24FN3/c1-3-14-11-18(2)7-4-8-19(14)15-6-5-13(16)9-12(15)10-17/h5-6,9,14H,3-4,7-8,10-11,17H2,1-2H3. The third kappa shape index (κ3) is 3.25. The summed E-state index contributed by atoms with van der Waals surface area (Å²) in [4.78, 5) is 4.78. The lowest BCUT2D eigenvalue weighted by Gasteiger charge is -2.33. The normalized spacial score (nSPS) is 21.5. The summed E-state index contributed by atoms with van der Waals surface area (Å²) in [5.74, 6) is -0.204. The number of anilines is 1. The highest BCUT2D eigenvalue weighted by Crippen LogP contribution is 2.26. The van der Waals surface area contributed by atoms with Crippen molar-refractivity contribution in [3.63, 3.8) is 0 Å². The Hall–Kier alpha value is -1.13. The van der Waals surface area contributed by atoms with Crippen LogP contribution in [0.15, 0.2) is 18.2 Å². The SMILES string of the molecule is CCC1CN(C)CCCN1c1ccc(F)cc1CN. The smallest absolute Gasteiger partial charge is 0.123 e. The molecule has 1 aromatic rings. The zero-order chi connectivity index (χ0) is 13.8. The third-order valence-corrected chi connectivity index (χ3v) is 3.94. The maximum absolute atomic E-state index is 13.3. The fourth-order valence-corrected chi connectivity index (χ4v) is 2.91. The Morgan fingerprint density at radius 3 is 2.84 bits per heavy atom. The monoisotopic (exact) mass is 265 g/mol. The molecule has 0 aromatic heterocycles. The van der Waals surface area contributed by atoms with Gasteiger partial charge in [0.15, 0.2) is 0 Å². The van der Waals surface area contributed by atoms with Crippen LogP contribution in [0.25, 0.3) is 0 Å². The van der Waals surface area contributed by atoms with Crippen molar-refractivity contribution < 1.29 is 4.39 Å².